The minimum absolute atomic E-state index is 0.124. The normalized spacial score (nSPS) is 11.0. The number of carbonyl (C=O) groups excluding carboxylic acids is 1. The van der Waals surface area contributed by atoms with Gasteiger partial charge in [-0.15, -0.1) is 0 Å². The van der Waals surface area contributed by atoms with Crippen molar-refractivity contribution < 1.29 is 14.1 Å². The number of carbonyl (C=O) groups is 1. The Hall–Kier alpha value is -1.32. The molecule has 0 radical (unpaired) electrons. The third-order valence-electron chi connectivity index (χ3n) is 4.76. The van der Waals surface area contributed by atoms with Gasteiger partial charge in [-0.1, -0.05) is 39.5 Å². The number of hydrogen-bond donors (Lipinski definition) is 0. The summed E-state index contributed by atoms with van der Waals surface area (Å²) in [4.78, 5) is 11.5. The smallest absolute Gasteiger partial charge is 0.305 e. The van der Waals surface area contributed by atoms with Crippen molar-refractivity contribution in [3.05, 3.63) is 17.7 Å². The monoisotopic (exact) mass is 337 g/mol. The second-order valence-corrected chi connectivity index (χ2v) is 6.71. The molecule has 0 aliphatic carbocycles. The summed E-state index contributed by atoms with van der Waals surface area (Å²) in [6.45, 7) is 8.84. The molecular weight excluding hydrogens is 300 g/mol. The van der Waals surface area contributed by atoms with Crippen molar-refractivity contribution in [3.8, 4) is 0 Å². The van der Waals surface area contributed by atoms with Crippen molar-refractivity contribution in [2.75, 3.05) is 7.11 Å². The summed E-state index contributed by atoms with van der Waals surface area (Å²) in [6.07, 6.45) is 13.6. The fourth-order valence-electron chi connectivity index (χ4n) is 3.17. The molecule has 0 saturated carbocycles. The molecular formula is C20H37N2O2+. The summed E-state index contributed by atoms with van der Waals surface area (Å²) in [5, 5.41) is 0. The average molecular weight is 338 g/mol. The van der Waals surface area contributed by atoms with Crippen LogP contribution in [0.4, 0.5) is 0 Å². The Morgan fingerprint density at radius 1 is 1.08 bits per heavy atom. The summed E-state index contributed by atoms with van der Waals surface area (Å²) in [5.74, 6) is 1.20. The zero-order valence-corrected chi connectivity index (χ0v) is 16.3. The number of esters is 1. The van der Waals surface area contributed by atoms with E-state index in [0.29, 0.717) is 6.42 Å². The van der Waals surface area contributed by atoms with Crippen LogP contribution >= 0.6 is 0 Å². The maximum absolute atomic E-state index is 11.5. The Labute approximate surface area is 148 Å². The molecule has 0 amide bonds. The fraction of sp³-hybridized carbons (Fsp3) is 0.800. The summed E-state index contributed by atoms with van der Waals surface area (Å²) in [7, 11) is 1.46. The van der Waals surface area contributed by atoms with Crippen molar-refractivity contribution in [2.45, 2.75) is 98.1 Å². The highest BCUT2D eigenvalue weighted by Crippen LogP contribution is 2.11. The van der Waals surface area contributed by atoms with Crippen LogP contribution in [0.5, 0.6) is 0 Å². The quantitative estimate of drug-likeness (QED) is 0.305. The van der Waals surface area contributed by atoms with Gasteiger partial charge in [-0.25, -0.2) is 9.13 Å². The number of rotatable bonds is 13. The van der Waals surface area contributed by atoms with Gasteiger partial charge in [0.25, 0.3) is 5.82 Å². The SMILES string of the molecule is CCCCCCn1c(CCC(=O)OC)c[n+](CCCCCC)c1C. The molecule has 1 aromatic rings. The van der Waals surface area contributed by atoms with E-state index < -0.39 is 0 Å². The van der Waals surface area contributed by atoms with Gasteiger partial charge in [-0.3, -0.25) is 4.79 Å². The molecule has 1 aromatic heterocycles. The van der Waals surface area contributed by atoms with E-state index in [0.717, 1.165) is 19.5 Å². The van der Waals surface area contributed by atoms with E-state index in [1.807, 2.05) is 0 Å². The molecule has 0 aromatic carbocycles. The number of methoxy groups -OCH3 is 1. The molecule has 0 spiro atoms. The molecule has 0 N–H and O–H groups in total. The maximum Gasteiger partial charge on any atom is 0.305 e. The zero-order chi connectivity index (χ0) is 17.8. The predicted octanol–water partition coefficient (Wildman–Crippen LogP) is 4.35. The Kier molecular flexibility index (Phi) is 10.4. The lowest BCUT2D eigenvalue weighted by Crippen LogP contribution is -2.35. The van der Waals surface area contributed by atoms with Gasteiger partial charge in [0.2, 0.25) is 0 Å². The zero-order valence-electron chi connectivity index (χ0n) is 16.3. The molecule has 24 heavy (non-hydrogen) atoms. The second-order valence-electron chi connectivity index (χ2n) is 6.71. The van der Waals surface area contributed by atoms with Gasteiger partial charge < -0.3 is 4.74 Å². The summed E-state index contributed by atoms with van der Waals surface area (Å²) >= 11 is 0. The van der Waals surface area contributed by atoms with Crippen LogP contribution in [0.25, 0.3) is 0 Å². The van der Waals surface area contributed by atoms with Gasteiger partial charge in [0.05, 0.1) is 26.6 Å². The highest BCUT2D eigenvalue weighted by Gasteiger charge is 2.20. The van der Waals surface area contributed by atoms with Crippen LogP contribution in [0.3, 0.4) is 0 Å². The number of unbranched alkanes of at least 4 members (excludes halogenated alkanes) is 6. The van der Waals surface area contributed by atoms with Gasteiger partial charge in [0, 0.05) is 13.3 Å². The third kappa shape index (κ3) is 7.06. The topological polar surface area (TPSA) is 35.1 Å². The van der Waals surface area contributed by atoms with Crippen LogP contribution in [0, 0.1) is 6.92 Å². The maximum atomic E-state index is 11.5. The van der Waals surface area contributed by atoms with Crippen molar-refractivity contribution in [3.63, 3.8) is 0 Å². The van der Waals surface area contributed by atoms with E-state index in [9.17, 15) is 4.79 Å². The van der Waals surface area contributed by atoms with Gasteiger partial charge in [0.15, 0.2) is 0 Å². The Morgan fingerprint density at radius 3 is 2.38 bits per heavy atom. The largest absolute Gasteiger partial charge is 0.469 e. The Morgan fingerprint density at radius 2 is 1.75 bits per heavy atom. The van der Waals surface area contributed by atoms with Crippen molar-refractivity contribution in [1.82, 2.24) is 4.57 Å². The third-order valence-corrected chi connectivity index (χ3v) is 4.76. The molecule has 1 rings (SSSR count). The lowest BCUT2D eigenvalue weighted by molar-refractivity contribution is -0.703. The number of ether oxygens (including phenoxy) is 1. The van der Waals surface area contributed by atoms with Crippen LogP contribution in [-0.2, 0) is 29.0 Å². The molecule has 1 heterocycles. The number of aryl methyl sites for hydroxylation is 2. The molecule has 0 atom stereocenters. The molecule has 4 heteroatoms. The van der Waals surface area contributed by atoms with Crippen LogP contribution in [0.1, 0.15) is 83.2 Å². The first kappa shape index (κ1) is 20.7. The van der Waals surface area contributed by atoms with E-state index in [2.05, 4.69) is 36.1 Å². The number of nitrogens with zero attached hydrogens (tertiary/aromatic N) is 2. The molecule has 0 saturated heterocycles. The van der Waals surface area contributed by atoms with E-state index in [1.165, 1.54) is 70.0 Å². The van der Waals surface area contributed by atoms with Gasteiger partial charge in [0.1, 0.15) is 11.9 Å². The highest BCUT2D eigenvalue weighted by molar-refractivity contribution is 5.69. The number of aromatic nitrogens is 2. The fourth-order valence-corrected chi connectivity index (χ4v) is 3.17. The first-order chi connectivity index (χ1) is 11.6. The molecule has 4 nitrogen and oxygen atoms in total. The van der Waals surface area contributed by atoms with Gasteiger partial charge in [-0.2, -0.15) is 0 Å². The van der Waals surface area contributed by atoms with Gasteiger partial charge in [-0.05, 0) is 25.7 Å². The van der Waals surface area contributed by atoms with Crippen LogP contribution < -0.4 is 4.57 Å². The highest BCUT2D eigenvalue weighted by atomic mass is 16.5. The van der Waals surface area contributed by atoms with E-state index in [1.54, 1.807) is 0 Å². The lowest BCUT2D eigenvalue weighted by atomic mass is 10.2. The van der Waals surface area contributed by atoms with Gasteiger partial charge >= 0.3 is 5.97 Å². The van der Waals surface area contributed by atoms with E-state index in [4.69, 9.17) is 4.74 Å². The molecule has 0 fully saturated rings. The Balaban J connectivity index is 2.73. The van der Waals surface area contributed by atoms with Crippen LogP contribution in [0.2, 0.25) is 0 Å². The van der Waals surface area contributed by atoms with Crippen LogP contribution in [-0.4, -0.2) is 17.6 Å². The number of hydrogen-bond acceptors (Lipinski definition) is 2. The minimum Gasteiger partial charge on any atom is -0.469 e. The average Bonchev–Trinajstić information content (AvgIpc) is 2.89. The molecule has 138 valence electrons. The molecule has 0 aliphatic rings. The summed E-state index contributed by atoms with van der Waals surface area (Å²) < 4.78 is 9.59. The lowest BCUT2D eigenvalue weighted by Gasteiger charge is -2.04. The minimum atomic E-state index is -0.124. The first-order valence-corrected chi connectivity index (χ1v) is 9.79. The summed E-state index contributed by atoms with van der Waals surface area (Å²) in [6, 6.07) is 0. The standard InChI is InChI=1S/C20H37N2O2/c1-5-7-9-11-15-21-17-19(13-14-20(23)24-4)22(18(21)3)16-12-10-8-6-2/h17H,5-16H2,1-4H3/q+1. The van der Waals surface area contributed by atoms with E-state index >= 15 is 0 Å². The number of imidazole rings is 1. The van der Waals surface area contributed by atoms with Crippen molar-refractivity contribution in [1.29, 1.82) is 0 Å². The Bertz CT molecular complexity index is 480. The van der Waals surface area contributed by atoms with Crippen LogP contribution in [0.15, 0.2) is 6.20 Å². The van der Waals surface area contributed by atoms with Crippen molar-refractivity contribution >= 4 is 5.97 Å². The second kappa shape index (κ2) is 12.1. The summed E-state index contributed by atoms with van der Waals surface area (Å²) in [5.41, 5.74) is 1.27. The molecule has 0 unspecified atom stereocenters. The first-order valence-electron chi connectivity index (χ1n) is 9.79. The van der Waals surface area contributed by atoms with Crippen molar-refractivity contribution in [2.24, 2.45) is 0 Å². The van der Waals surface area contributed by atoms with E-state index in [-0.39, 0.29) is 5.97 Å². The molecule has 0 aliphatic heterocycles. The predicted molar refractivity (Wildman–Crippen MR) is 98.0 cm³/mol. The molecule has 0 bridgehead atoms.